The van der Waals surface area contributed by atoms with Crippen LogP contribution in [0.1, 0.15) is 18.4 Å². The number of para-hydroxylation sites is 1. The summed E-state index contributed by atoms with van der Waals surface area (Å²) in [4.78, 5) is 20.7. The smallest absolute Gasteiger partial charge is 0.379 e. The molecule has 2 N–H and O–H groups in total. The number of carbonyl (C=O) groups is 1. The number of aliphatic carboxylic acids is 1. The molecule has 0 spiro atoms. The Morgan fingerprint density at radius 3 is 2.85 bits per heavy atom. The van der Waals surface area contributed by atoms with Crippen molar-refractivity contribution >= 4 is 13.6 Å². The lowest BCUT2D eigenvalue weighted by Crippen LogP contribution is -2.14. The van der Waals surface area contributed by atoms with Gasteiger partial charge in [0.1, 0.15) is 5.75 Å². The average molecular weight is 300 g/mol. The predicted octanol–water partition coefficient (Wildman–Crippen LogP) is 2.06. The second-order valence-corrected chi connectivity index (χ2v) is 6.55. The van der Waals surface area contributed by atoms with Crippen molar-refractivity contribution in [3.8, 4) is 5.75 Å². The molecule has 6 nitrogen and oxygen atoms in total. The van der Waals surface area contributed by atoms with Gasteiger partial charge in [0, 0.05) is 12.2 Å². The quantitative estimate of drug-likeness (QED) is 0.781. The molecule has 20 heavy (non-hydrogen) atoms. The molecule has 0 amide bonds. The van der Waals surface area contributed by atoms with E-state index in [9.17, 15) is 14.3 Å². The molecular formula is C13H17O6P. The first-order chi connectivity index (χ1) is 9.46. The second-order valence-electron chi connectivity index (χ2n) is 4.72. The highest BCUT2D eigenvalue weighted by Crippen LogP contribution is 2.45. The Morgan fingerprint density at radius 1 is 1.45 bits per heavy atom. The summed E-state index contributed by atoms with van der Waals surface area (Å²) in [6.45, 7) is 0.597. The molecule has 1 fully saturated rings. The Labute approximate surface area is 116 Å². The first-order valence-corrected chi connectivity index (χ1v) is 8.15. The van der Waals surface area contributed by atoms with Crippen LogP contribution in [0.4, 0.5) is 0 Å². The van der Waals surface area contributed by atoms with Gasteiger partial charge in [-0.05, 0) is 18.9 Å². The topological polar surface area (TPSA) is 93.1 Å². The van der Waals surface area contributed by atoms with Crippen LogP contribution in [0.15, 0.2) is 24.3 Å². The molecule has 1 aromatic rings. The van der Waals surface area contributed by atoms with E-state index in [4.69, 9.17) is 14.4 Å². The van der Waals surface area contributed by atoms with E-state index in [-0.39, 0.29) is 24.4 Å². The molecule has 1 aliphatic rings. The largest absolute Gasteiger partial charge is 0.481 e. The fourth-order valence-electron chi connectivity index (χ4n) is 2.14. The number of ether oxygens (including phenoxy) is 1. The number of carboxylic acid groups (broad SMARTS) is 1. The normalized spacial score (nSPS) is 21.4. The van der Waals surface area contributed by atoms with Crippen LogP contribution in [0.3, 0.4) is 0 Å². The Hall–Kier alpha value is -1.36. The maximum absolute atomic E-state index is 12.1. The highest BCUT2D eigenvalue weighted by atomic mass is 31.2. The summed E-state index contributed by atoms with van der Waals surface area (Å²) < 4.78 is 22.6. The van der Waals surface area contributed by atoms with E-state index >= 15 is 0 Å². The Bertz CT molecular complexity index is 523. The lowest BCUT2D eigenvalue weighted by molar-refractivity contribution is -0.136. The van der Waals surface area contributed by atoms with Gasteiger partial charge >= 0.3 is 13.6 Å². The zero-order valence-electron chi connectivity index (χ0n) is 10.9. The predicted molar refractivity (Wildman–Crippen MR) is 72.1 cm³/mol. The summed E-state index contributed by atoms with van der Waals surface area (Å²) in [7, 11) is -3.85. The van der Waals surface area contributed by atoms with Crippen LogP contribution in [0.5, 0.6) is 5.75 Å². The molecule has 2 rings (SSSR count). The lowest BCUT2D eigenvalue weighted by Gasteiger charge is -2.18. The van der Waals surface area contributed by atoms with Gasteiger partial charge in [0.25, 0.3) is 0 Å². The minimum atomic E-state index is -3.85. The minimum Gasteiger partial charge on any atom is -0.481 e. The molecule has 110 valence electrons. The Morgan fingerprint density at radius 2 is 2.20 bits per heavy atom. The van der Waals surface area contributed by atoms with Gasteiger partial charge in [-0.25, -0.2) is 4.57 Å². The third-order valence-electron chi connectivity index (χ3n) is 3.01. The molecule has 0 aromatic heterocycles. The van der Waals surface area contributed by atoms with Gasteiger partial charge < -0.3 is 19.3 Å². The van der Waals surface area contributed by atoms with Crippen LogP contribution in [-0.2, 0) is 20.5 Å². The molecule has 0 aliphatic carbocycles. The monoisotopic (exact) mass is 300 g/mol. The highest BCUT2D eigenvalue weighted by Gasteiger charge is 2.30. The summed E-state index contributed by atoms with van der Waals surface area (Å²) in [6, 6.07) is 6.35. The van der Waals surface area contributed by atoms with E-state index in [1.54, 1.807) is 18.2 Å². The van der Waals surface area contributed by atoms with E-state index < -0.39 is 13.6 Å². The maximum Gasteiger partial charge on any atom is 0.379 e. The van der Waals surface area contributed by atoms with Gasteiger partial charge in [0.05, 0.1) is 18.7 Å². The third-order valence-corrected chi connectivity index (χ3v) is 4.36. The molecule has 2 atom stereocenters. The molecule has 1 saturated heterocycles. The minimum absolute atomic E-state index is 0.0750. The summed E-state index contributed by atoms with van der Waals surface area (Å²) in [5, 5.41) is 8.81. The van der Waals surface area contributed by atoms with Gasteiger partial charge in [-0.15, -0.1) is 0 Å². The number of benzene rings is 1. The van der Waals surface area contributed by atoms with Crippen molar-refractivity contribution in [2.75, 3.05) is 12.8 Å². The van der Waals surface area contributed by atoms with Crippen molar-refractivity contribution in [1.82, 2.24) is 0 Å². The fraction of sp³-hybridized carbons (Fsp3) is 0.462. The summed E-state index contributed by atoms with van der Waals surface area (Å²) >= 11 is 0. The molecule has 7 heteroatoms. The van der Waals surface area contributed by atoms with E-state index in [1.165, 1.54) is 6.07 Å². The fourth-order valence-corrected chi connectivity index (χ4v) is 3.50. The zero-order valence-corrected chi connectivity index (χ0v) is 11.8. The van der Waals surface area contributed by atoms with Crippen LogP contribution in [0.25, 0.3) is 0 Å². The van der Waals surface area contributed by atoms with Crippen LogP contribution >= 0.6 is 7.60 Å². The first kappa shape index (κ1) is 15.0. The van der Waals surface area contributed by atoms with Gasteiger partial charge in [-0.1, -0.05) is 18.2 Å². The van der Waals surface area contributed by atoms with Gasteiger partial charge in [-0.3, -0.25) is 4.79 Å². The van der Waals surface area contributed by atoms with Gasteiger partial charge in [0.15, 0.2) is 0 Å². The number of carboxylic acids is 1. The van der Waals surface area contributed by atoms with Crippen molar-refractivity contribution in [2.24, 2.45) is 0 Å². The Balaban J connectivity index is 2.07. The average Bonchev–Trinajstić information content (AvgIpc) is 2.82. The molecule has 2 unspecified atom stereocenters. The number of rotatable bonds is 6. The van der Waals surface area contributed by atoms with Crippen molar-refractivity contribution in [3.63, 3.8) is 0 Å². The molecule has 1 aliphatic heterocycles. The SMILES string of the molecule is O=C(O)Cc1ccccc1OP(=O)(O)CC1CCCO1. The van der Waals surface area contributed by atoms with Crippen LogP contribution < -0.4 is 4.52 Å². The van der Waals surface area contributed by atoms with E-state index in [0.29, 0.717) is 12.2 Å². The maximum atomic E-state index is 12.1. The number of hydrogen-bond acceptors (Lipinski definition) is 4. The Kier molecular flexibility index (Phi) is 4.81. The van der Waals surface area contributed by atoms with E-state index in [0.717, 1.165) is 12.8 Å². The van der Waals surface area contributed by atoms with Crippen LogP contribution in [-0.4, -0.2) is 34.8 Å². The van der Waals surface area contributed by atoms with E-state index in [1.807, 2.05) is 0 Å². The van der Waals surface area contributed by atoms with Crippen LogP contribution in [0, 0.1) is 0 Å². The van der Waals surface area contributed by atoms with Gasteiger partial charge in [0.2, 0.25) is 0 Å². The zero-order chi connectivity index (χ0) is 14.6. The van der Waals surface area contributed by atoms with Crippen molar-refractivity contribution < 1.29 is 28.6 Å². The molecule has 1 heterocycles. The molecular weight excluding hydrogens is 283 g/mol. The first-order valence-electron chi connectivity index (χ1n) is 6.39. The summed E-state index contributed by atoms with van der Waals surface area (Å²) in [6.07, 6.45) is 1.02. The van der Waals surface area contributed by atoms with Gasteiger partial charge in [-0.2, -0.15) is 0 Å². The van der Waals surface area contributed by atoms with E-state index in [2.05, 4.69) is 0 Å². The van der Waals surface area contributed by atoms with Crippen molar-refractivity contribution in [2.45, 2.75) is 25.4 Å². The standard InChI is InChI=1S/C13H17O6P/c14-13(15)8-10-4-1-2-6-12(10)19-20(16,17)9-11-5-3-7-18-11/h1-2,4,6,11H,3,5,7-9H2,(H,14,15)(H,16,17). The van der Waals surface area contributed by atoms with Crippen molar-refractivity contribution in [3.05, 3.63) is 29.8 Å². The highest BCUT2D eigenvalue weighted by molar-refractivity contribution is 7.53. The summed E-state index contributed by atoms with van der Waals surface area (Å²) in [5.74, 6) is -0.883. The molecule has 1 aromatic carbocycles. The molecule has 0 saturated carbocycles. The third kappa shape index (κ3) is 4.34. The van der Waals surface area contributed by atoms with Crippen molar-refractivity contribution in [1.29, 1.82) is 0 Å². The molecule has 0 radical (unpaired) electrons. The molecule has 0 bridgehead atoms. The number of hydrogen-bond donors (Lipinski definition) is 2. The van der Waals surface area contributed by atoms with Crippen LogP contribution in [0.2, 0.25) is 0 Å². The lowest BCUT2D eigenvalue weighted by atomic mass is 10.1. The second kappa shape index (κ2) is 6.39. The summed E-state index contributed by atoms with van der Waals surface area (Å²) in [5.41, 5.74) is 0.376.